The maximum Gasteiger partial charge on any atom is 0.314 e. The molecule has 0 unspecified atom stereocenters. The number of carbonyl (C=O) groups is 3. The van der Waals surface area contributed by atoms with Crippen molar-refractivity contribution in [3.8, 4) is 0 Å². The fourth-order valence-electron chi connectivity index (χ4n) is 10.9. The number of allylic oxidation sites excluding steroid dienone is 1. The van der Waals surface area contributed by atoms with E-state index in [1.54, 1.807) is 0 Å². The average Bonchev–Trinajstić information content (AvgIpc) is 2.78. The third kappa shape index (κ3) is 2.75. The highest BCUT2D eigenvalue weighted by Crippen LogP contribution is 2.75. The van der Waals surface area contributed by atoms with Crippen molar-refractivity contribution < 1.29 is 29.7 Å². The lowest BCUT2D eigenvalue weighted by Gasteiger charge is -2.70. The van der Waals surface area contributed by atoms with Crippen LogP contribution in [-0.2, 0) is 14.4 Å². The van der Waals surface area contributed by atoms with Crippen molar-refractivity contribution >= 4 is 17.7 Å². The second-order valence-corrected chi connectivity index (χ2v) is 14.2. The molecule has 0 spiro atoms. The summed E-state index contributed by atoms with van der Waals surface area (Å²) < 4.78 is 0. The van der Waals surface area contributed by atoms with Crippen molar-refractivity contribution in [2.24, 2.45) is 56.7 Å². The van der Waals surface area contributed by atoms with Gasteiger partial charge in [-0.05, 0) is 79.4 Å². The average molecular weight is 501 g/mol. The zero-order valence-corrected chi connectivity index (χ0v) is 22.8. The molecule has 4 saturated carbocycles. The standard InChI is InChI=1S/C30H44O6/c1-16-15-22(32)29(24(33)34)13-14-30(25(35)36)18(23(29)17(16)2)7-8-20-27(5)11-10-21(31)26(3,4)19(27)9-12-28(20,30)6/h7,16-17,19-20,22-23,32H,8-15H2,1-6H3,(H,33,34)(H,35,36)/t16-,17+,19+,20-,22+,23+,27+,28-,29-,30-/m1/s1. The Kier molecular flexibility index (Phi) is 5.53. The van der Waals surface area contributed by atoms with E-state index in [1.165, 1.54) is 0 Å². The van der Waals surface area contributed by atoms with Gasteiger partial charge in [0.25, 0.3) is 0 Å². The normalized spacial score (nSPS) is 51.6. The van der Waals surface area contributed by atoms with Crippen LogP contribution in [-0.4, -0.2) is 39.1 Å². The smallest absolute Gasteiger partial charge is 0.314 e. The Balaban J connectivity index is 1.70. The number of carboxylic acid groups (broad SMARTS) is 2. The Hall–Kier alpha value is -1.69. The summed E-state index contributed by atoms with van der Waals surface area (Å²) in [6.07, 6.45) is 5.53. The van der Waals surface area contributed by atoms with Crippen LogP contribution in [0, 0.1) is 56.7 Å². The van der Waals surface area contributed by atoms with Gasteiger partial charge in [-0.15, -0.1) is 0 Å². The monoisotopic (exact) mass is 500 g/mol. The summed E-state index contributed by atoms with van der Waals surface area (Å²) in [5.74, 6) is -1.62. The number of carbonyl (C=O) groups excluding carboxylic acids is 1. The second kappa shape index (κ2) is 7.68. The van der Waals surface area contributed by atoms with Crippen molar-refractivity contribution in [3.63, 3.8) is 0 Å². The van der Waals surface area contributed by atoms with Gasteiger partial charge in [0.2, 0.25) is 0 Å². The van der Waals surface area contributed by atoms with Crippen LogP contribution in [0.3, 0.4) is 0 Å². The number of hydrogen-bond donors (Lipinski definition) is 3. The summed E-state index contributed by atoms with van der Waals surface area (Å²) in [7, 11) is 0. The molecular formula is C30H44O6. The summed E-state index contributed by atoms with van der Waals surface area (Å²) in [6.45, 7) is 12.7. The van der Waals surface area contributed by atoms with Crippen LogP contribution >= 0.6 is 0 Å². The summed E-state index contributed by atoms with van der Waals surface area (Å²) in [5, 5.41) is 32.8. The first kappa shape index (κ1) is 25.9. The molecule has 0 aromatic carbocycles. The fourth-order valence-corrected chi connectivity index (χ4v) is 10.9. The molecule has 0 aromatic rings. The number of hydrogen-bond acceptors (Lipinski definition) is 4. The Morgan fingerprint density at radius 3 is 2.22 bits per heavy atom. The van der Waals surface area contributed by atoms with Gasteiger partial charge >= 0.3 is 11.9 Å². The zero-order chi connectivity index (χ0) is 26.6. The third-order valence-electron chi connectivity index (χ3n) is 13.0. The van der Waals surface area contributed by atoms with Crippen molar-refractivity contribution in [3.05, 3.63) is 11.6 Å². The van der Waals surface area contributed by atoms with Gasteiger partial charge in [0.05, 0.1) is 11.5 Å². The highest BCUT2D eigenvalue weighted by molar-refractivity contribution is 5.86. The van der Waals surface area contributed by atoms with E-state index in [4.69, 9.17) is 0 Å². The predicted molar refractivity (Wildman–Crippen MR) is 135 cm³/mol. The molecule has 0 bridgehead atoms. The maximum atomic E-state index is 13.5. The molecule has 5 aliphatic rings. The number of aliphatic hydroxyl groups is 1. The van der Waals surface area contributed by atoms with Gasteiger partial charge in [-0.1, -0.05) is 53.2 Å². The minimum atomic E-state index is -1.33. The summed E-state index contributed by atoms with van der Waals surface area (Å²) in [5.41, 5.74) is -2.82. The van der Waals surface area contributed by atoms with Crippen LogP contribution in [0.25, 0.3) is 0 Å². The lowest BCUT2D eigenvalue weighted by molar-refractivity contribution is -0.213. The minimum absolute atomic E-state index is 0.0342. The van der Waals surface area contributed by atoms with E-state index in [0.717, 1.165) is 24.8 Å². The number of rotatable bonds is 2. The van der Waals surface area contributed by atoms with Gasteiger partial charge in [0.1, 0.15) is 11.2 Å². The summed E-state index contributed by atoms with van der Waals surface area (Å²) in [4.78, 5) is 39.3. The molecular weight excluding hydrogens is 456 g/mol. The van der Waals surface area contributed by atoms with E-state index in [-0.39, 0.29) is 41.9 Å². The Morgan fingerprint density at radius 1 is 0.944 bits per heavy atom. The molecule has 36 heavy (non-hydrogen) atoms. The van der Waals surface area contributed by atoms with Crippen LogP contribution in [0.1, 0.15) is 92.9 Å². The van der Waals surface area contributed by atoms with Crippen LogP contribution in [0.5, 0.6) is 0 Å². The van der Waals surface area contributed by atoms with Crippen molar-refractivity contribution in [1.82, 2.24) is 0 Å². The molecule has 4 fully saturated rings. The topological polar surface area (TPSA) is 112 Å². The number of aliphatic hydroxyl groups excluding tert-OH is 1. The predicted octanol–water partition coefficient (Wildman–Crippen LogP) is 5.33. The van der Waals surface area contributed by atoms with Gasteiger partial charge in [0.15, 0.2) is 0 Å². The number of aliphatic carboxylic acids is 2. The molecule has 6 heteroatoms. The molecule has 0 heterocycles. The zero-order valence-electron chi connectivity index (χ0n) is 22.8. The Morgan fingerprint density at radius 2 is 1.61 bits per heavy atom. The van der Waals surface area contributed by atoms with Crippen molar-refractivity contribution in [2.45, 2.75) is 99.0 Å². The molecule has 5 aliphatic carbocycles. The van der Waals surface area contributed by atoms with E-state index in [9.17, 15) is 29.7 Å². The maximum absolute atomic E-state index is 13.5. The van der Waals surface area contributed by atoms with Gasteiger partial charge in [-0.25, -0.2) is 0 Å². The van der Waals surface area contributed by atoms with E-state index in [2.05, 4.69) is 47.6 Å². The molecule has 0 aliphatic heterocycles. The van der Waals surface area contributed by atoms with Crippen molar-refractivity contribution in [2.75, 3.05) is 0 Å². The molecule has 0 amide bonds. The summed E-state index contributed by atoms with van der Waals surface area (Å²) >= 11 is 0. The molecule has 3 N–H and O–H groups in total. The number of ketones is 1. The fraction of sp³-hybridized carbons (Fsp3) is 0.833. The minimum Gasteiger partial charge on any atom is -0.481 e. The number of fused-ring (bicyclic) bond motifs is 7. The van der Waals surface area contributed by atoms with Crippen molar-refractivity contribution in [1.29, 1.82) is 0 Å². The van der Waals surface area contributed by atoms with E-state index < -0.39 is 45.6 Å². The Bertz CT molecular complexity index is 1040. The molecule has 200 valence electrons. The molecule has 0 aromatic heterocycles. The van der Waals surface area contributed by atoms with E-state index >= 15 is 0 Å². The van der Waals surface area contributed by atoms with Gasteiger partial charge in [-0.2, -0.15) is 0 Å². The molecule has 5 rings (SSSR count). The lowest BCUT2D eigenvalue weighted by atomic mass is 9.33. The van der Waals surface area contributed by atoms with Crippen LogP contribution < -0.4 is 0 Å². The van der Waals surface area contributed by atoms with Crippen LogP contribution in [0.2, 0.25) is 0 Å². The molecule has 0 radical (unpaired) electrons. The number of carboxylic acids is 2. The van der Waals surface area contributed by atoms with Gasteiger partial charge in [0, 0.05) is 17.8 Å². The molecule has 0 saturated heterocycles. The number of Topliss-reactive ketones (excluding diaryl/α,β-unsaturated/α-hetero) is 1. The molecule has 6 nitrogen and oxygen atoms in total. The van der Waals surface area contributed by atoms with Crippen LogP contribution in [0.15, 0.2) is 11.6 Å². The second-order valence-electron chi connectivity index (χ2n) is 14.2. The third-order valence-corrected chi connectivity index (χ3v) is 13.0. The first-order valence-corrected chi connectivity index (χ1v) is 14.0. The highest BCUT2D eigenvalue weighted by Gasteiger charge is 2.74. The van der Waals surface area contributed by atoms with Crippen LogP contribution in [0.4, 0.5) is 0 Å². The highest BCUT2D eigenvalue weighted by atomic mass is 16.4. The quantitative estimate of drug-likeness (QED) is 0.442. The SMILES string of the molecule is C[C@H]1[C@H](C)C[C@H](O)[C@]2(C(=O)O)CC[C@]3(C(=O)O)C(=CC[C@@H]4[C@@]5(C)CCC(=O)C(C)(C)[C@@H]5CC[C@]43C)[C@H]12. The lowest BCUT2D eigenvalue weighted by Crippen LogP contribution is -2.69. The Labute approximate surface area is 214 Å². The first-order chi connectivity index (χ1) is 16.6. The molecule has 10 atom stereocenters. The van der Waals surface area contributed by atoms with Gasteiger partial charge < -0.3 is 15.3 Å². The summed E-state index contributed by atoms with van der Waals surface area (Å²) in [6, 6.07) is 0. The van der Waals surface area contributed by atoms with E-state index in [1.807, 2.05) is 0 Å². The largest absolute Gasteiger partial charge is 0.481 e. The van der Waals surface area contributed by atoms with Gasteiger partial charge in [-0.3, -0.25) is 14.4 Å². The first-order valence-electron chi connectivity index (χ1n) is 14.0. The van der Waals surface area contributed by atoms with E-state index in [0.29, 0.717) is 25.0 Å².